The van der Waals surface area contributed by atoms with E-state index in [9.17, 15) is 0 Å². The normalized spacial score (nSPS) is 10.3. The van der Waals surface area contributed by atoms with Crippen molar-refractivity contribution in [2.24, 2.45) is 0 Å². The molecule has 0 aliphatic heterocycles. The fourth-order valence-electron chi connectivity index (χ4n) is 1.15. The van der Waals surface area contributed by atoms with E-state index in [0.29, 0.717) is 5.11 Å². The summed E-state index contributed by atoms with van der Waals surface area (Å²) in [5, 5.41) is 6.65. The van der Waals surface area contributed by atoms with Crippen molar-refractivity contribution in [1.82, 2.24) is 5.32 Å². The van der Waals surface area contributed by atoms with Crippen LogP contribution in [0.5, 0.6) is 0 Å². The Labute approximate surface area is 96.4 Å². The number of rotatable bonds is 3. The van der Waals surface area contributed by atoms with Crippen molar-refractivity contribution in [3.63, 3.8) is 0 Å². The average Bonchev–Trinajstić information content (AvgIpc) is 2.27. The molecule has 0 unspecified atom stereocenters. The summed E-state index contributed by atoms with van der Waals surface area (Å²) in [5.41, 5.74) is 2.34. The van der Waals surface area contributed by atoms with Crippen LogP contribution in [0, 0.1) is 0 Å². The number of aryl methyl sites for hydroxylation is 1. The second kappa shape index (κ2) is 6.19. The van der Waals surface area contributed by atoms with Gasteiger partial charge in [0, 0.05) is 5.69 Å². The SMILES string of the molecule is CC=CNC(=S)Nc1ccc(CC)cc1. The molecule has 0 aliphatic carbocycles. The van der Waals surface area contributed by atoms with E-state index in [-0.39, 0.29) is 0 Å². The monoisotopic (exact) mass is 220 g/mol. The van der Waals surface area contributed by atoms with Gasteiger partial charge in [-0.15, -0.1) is 0 Å². The van der Waals surface area contributed by atoms with Gasteiger partial charge in [0.1, 0.15) is 0 Å². The molecule has 1 aromatic carbocycles. The Kier molecular flexibility index (Phi) is 4.84. The highest BCUT2D eigenvalue weighted by Crippen LogP contribution is 2.09. The molecular formula is C12H16N2S. The fraction of sp³-hybridized carbons (Fsp3) is 0.250. The molecule has 0 aromatic heterocycles. The molecule has 15 heavy (non-hydrogen) atoms. The van der Waals surface area contributed by atoms with Crippen LogP contribution in [0.15, 0.2) is 36.5 Å². The number of benzene rings is 1. The number of hydrogen-bond donors (Lipinski definition) is 2. The highest BCUT2D eigenvalue weighted by molar-refractivity contribution is 7.80. The Bertz CT molecular complexity index is 341. The molecule has 0 aliphatic rings. The number of allylic oxidation sites excluding steroid dienone is 1. The summed E-state index contributed by atoms with van der Waals surface area (Å²) in [6, 6.07) is 8.26. The van der Waals surface area contributed by atoms with Crippen LogP contribution >= 0.6 is 12.2 Å². The minimum Gasteiger partial charge on any atom is -0.339 e. The predicted octanol–water partition coefficient (Wildman–Crippen LogP) is 3.07. The van der Waals surface area contributed by atoms with E-state index in [1.807, 2.05) is 25.1 Å². The minimum absolute atomic E-state index is 0.609. The molecule has 3 heteroatoms. The molecule has 0 bridgehead atoms. The van der Waals surface area contributed by atoms with E-state index in [1.54, 1.807) is 6.20 Å². The van der Waals surface area contributed by atoms with Gasteiger partial charge in [-0.25, -0.2) is 0 Å². The fourth-order valence-corrected chi connectivity index (χ4v) is 1.34. The van der Waals surface area contributed by atoms with Crippen LogP contribution in [-0.4, -0.2) is 5.11 Å². The van der Waals surface area contributed by atoms with E-state index in [0.717, 1.165) is 12.1 Å². The lowest BCUT2D eigenvalue weighted by Crippen LogP contribution is -2.23. The molecule has 0 saturated carbocycles. The van der Waals surface area contributed by atoms with E-state index in [2.05, 4.69) is 29.7 Å². The Morgan fingerprint density at radius 1 is 1.33 bits per heavy atom. The summed E-state index contributed by atoms with van der Waals surface area (Å²) in [5.74, 6) is 0. The second-order valence-corrected chi connectivity index (χ2v) is 3.56. The zero-order chi connectivity index (χ0) is 11.1. The number of hydrogen-bond acceptors (Lipinski definition) is 1. The third-order valence-electron chi connectivity index (χ3n) is 2.00. The van der Waals surface area contributed by atoms with Gasteiger partial charge in [0.25, 0.3) is 0 Å². The first kappa shape index (κ1) is 11.7. The smallest absolute Gasteiger partial charge is 0.174 e. The molecule has 0 radical (unpaired) electrons. The lowest BCUT2D eigenvalue weighted by atomic mass is 10.1. The number of anilines is 1. The Balaban J connectivity index is 2.53. The van der Waals surface area contributed by atoms with Gasteiger partial charge in [-0.3, -0.25) is 0 Å². The Hall–Kier alpha value is -1.35. The molecule has 0 spiro atoms. The first-order valence-electron chi connectivity index (χ1n) is 5.04. The van der Waals surface area contributed by atoms with Crippen LogP contribution in [0.2, 0.25) is 0 Å². The molecule has 0 saturated heterocycles. The van der Waals surface area contributed by atoms with Gasteiger partial charge in [0.2, 0.25) is 0 Å². The highest BCUT2D eigenvalue weighted by Gasteiger charge is 1.95. The predicted molar refractivity (Wildman–Crippen MR) is 70.0 cm³/mol. The van der Waals surface area contributed by atoms with Crippen molar-refractivity contribution < 1.29 is 0 Å². The van der Waals surface area contributed by atoms with Crippen LogP contribution in [0.25, 0.3) is 0 Å². The molecule has 0 amide bonds. The highest BCUT2D eigenvalue weighted by atomic mass is 32.1. The molecule has 0 heterocycles. The van der Waals surface area contributed by atoms with Crippen molar-refractivity contribution in [2.45, 2.75) is 20.3 Å². The molecule has 1 rings (SSSR count). The van der Waals surface area contributed by atoms with Gasteiger partial charge in [-0.1, -0.05) is 25.1 Å². The van der Waals surface area contributed by atoms with Gasteiger partial charge in [-0.2, -0.15) is 0 Å². The first-order valence-corrected chi connectivity index (χ1v) is 5.44. The van der Waals surface area contributed by atoms with Crippen LogP contribution in [-0.2, 0) is 6.42 Å². The zero-order valence-corrected chi connectivity index (χ0v) is 9.90. The maximum Gasteiger partial charge on any atom is 0.174 e. The molecule has 0 fully saturated rings. The lowest BCUT2D eigenvalue weighted by Gasteiger charge is -2.07. The summed E-state index contributed by atoms with van der Waals surface area (Å²) in [7, 11) is 0. The van der Waals surface area contributed by atoms with E-state index in [1.165, 1.54) is 5.56 Å². The van der Waals surface area contributed by atoms with Crippen LogP contribution < -0.4 is 10.6 Å². The van der Waals surface area contributed by atoms with Crippen molar-refractivity contribution in [1.29, 1.82) is 0 Å². The summed E-state index contributed by atoms with van der Waals surface area (Å²) >= 11 is 5.09. The maximum atomic E-state index is 5.09. The zero-order valence-electron chi connectivity index (χ0n) is 9.08. The second-order valence-electron chi connectivity index (χ2n) is 3.15. The van der Waals surface area contributed by atoms with Crippen molar-refractivity contribution in [2.75, 3.05) is 5.32 Å². The molecule has 0 atom stereocenters. The van der Waals surface area contributed by atoms with Crippen LogP contribution in [0.4, 0.5) is 5.69 Å². The molecule has 1 aromatic rings. The molecule has 80 valence electrons. The largest absolute Gasteiger partial charge is 0.339 e. The standard InChI is InChI=1S/C12H16N2S/c1-3-9-13-12(15)14-11-7-5-10(4-2)6-8-11/h3,5-9H,4H2,1-2H3,(H2,13,14,15). The summed E-state index contributed by atoms with van der Waals surface area (Å²) in [4.78, 5) is 0. The van der Waals surface area contributed by atoms with Gasteiger partial charge in [0.15, 0.2) is 5.11 Å². The van der Waals surface area contributed by atoms with E-state index in [4.69, 9.17) is 12.2 Å². The summed E-state index contributed by atoms with van der Waals surface area (Å²) < 4.78 is 0. The minimum atomic E-state index is 0.609. The van der Waals surface area contributed by atoms with Gasteiger partial charge >= 0.3 is 0 Å². The average molecular weight is 220 g/mol. The topological polar surface area (TPSA) is 24.1 Å². The third kappa shape index (κ3) is 4.13. The lowest BCUT2D eigenvalue weighted by molar-refractivity contribution is 1.14. The first-order chi connectivity index (χ1) is 7.26. The Morgan fingerprint density at radius 3 is 2.53 bits per heavy atom. The third-order valence-corrected chi connectivity index (χ3v) is 2.22. The van der Waals surface area contributed by atoms with Crippen LogP contribution in [0.3, 0.4) is 0 Å². The van der Waals surface area contributed by atoms with Crippen molar-refractivity contribution in [3.05, 3.63) is 42.1 Å². The van der Waals surface area contributed by atoms with Gasteiger partial charge in [-0.05, 0) is 49.5 Å². The van der Waals surface area contributed by atoms with Crippen molar-refractivity contribution >= 4 is 23.0 Å². The van der Waals surface area contributed by atoms with Gasteiger partial charge in [0.05, 0.1) is 0 Å². The number of thiocarbonyl (C=S) groups is 1. The maximum absolute atomic E-state index is 5.09. The van der Waals surface area contributed by atoms with E-state index < -0.39 is 0 Å². The summed E-state index contributed by atoms with van der Waals surface area (Å²) in [6.45, 7) is 4.08. The molecule has 2 N–H and O–H groups in total. The molecular weight excluding hydrogens is 204 g/mol. The van der Waals surface area contributed by atoms with Gasteiger partial charge < -0.3 is 10.6 Å². The molecule has 2 nitrogen and oxygen atoms in total. The quantitative estimate of drug-likeness (QED) is 0.766. The Morgan fingerprint density at radius 2 is 2.00 bits per heavy atom. The van der Waals surface area contributed by atoms with Crippen LogP contribution in [0.1, 0.15) is 19.4 Å². The summed E-state index contributed by atoms with van der Waals surface area (Å²) in [6.07, 6.45) is 4.76. The van der Waals surface area contributed by atoms with Crippen molar-refractivity contribution in [3.8, 4) is 0 Å². The number of nitrogens with one attached hydrogen (secondary N) is 2. The van der Waals surface area contributed by atoms with E-state index >= 15 is 0 Å².